The molecule has 1 N–H and O–H groups in total. The lowest BCUT2D eigenvalue weighted by Crippen LogP contribution is -2.54. The van der Waals surface area contributed by atoms with Crippen molar-refractivity contribution in [3.05, 3.63) is 70.4 Å². The number of hydrogen-bond donors (Lipinski definition) is 1. The van der Waals surface area contributed by atoms with E-state index in [-0.39, 0.29) is 5.57 Å². The molecule has 1 fully saturated rings. The predicted octanol–water partition coefficient (Wildman–Crippen LogP) is 3.77. The Labute approximate surface area is 168 Å². The molecule has 1 aliphatic heterocycles. The van der Waals surface area contributed by atoms with Crippen LogP contribution in [0, 0.1) is 20.8 Å². The third kappa shape index (κ3) is 3.02. The van der Waals surface area contributed by atoms with Crippen LogP contribution in [-0.4, -0.2) is 22.4 Å². The number of rotatable bonds is 2. The van der Waals surface area contributed by atoms with Crippen LogP contribution < -0.4 is 10.2 Å². The van der Waals surface area contributed by atoms with E-state index >= 15 is 0 Å². The number of amides is 4. The van der Waals surface area contributed by atoms with E-state index in [2.05, 4.69) is 5.32 Å². The number of anilines is 1. The van der Waals surface area contributed by atoms with E-state index in [1.807, 2.05) is 62.7 Å². The van der Waals surface area contributed by atoms with E-state index in [0.29, 0.717) is 5.69 Å². The van der Waals surface area contributed by atoms with E-state index in [1.165, 1.54) is 0 Å². The predicted molar refractivity (Wildman–Crippen MR) is 113 cm³/mol. The van der Waals surface area contributed by atoms with Gasteiger partial charge in [-0.15, -0.1) is 0 Å². The highest BCUT2D eigenvalue weighted by atomic mass is 16.2. The maximum atomic E-state index is 13.2. The molecule has 0 atom stereocenters. The van der Waals surface area contributed by atoms with Gasteiger partial charge in [0.25, 0.3) is 11.8 Å². The van der Waals surface area contributed by atoms with Gasteiger partial charge >= 0.3 is 6.03 Å². The monoisotopic (exact) mass is 387 g/mol. The summed E-state index contributed by atoms with van der Waals surface area (Å²) in [6, 6.07) is 12.5. The normalized spacial score (nSPS) is 16.1. The van der Waals surface area contributed by atoms with Crippen molar-refractivity contribution in [3.8, 4) is 0 Å². The number of benzene rings is 2. The Morgan fingerprint density at radius 2 is 1.59 bits per heavy atom. The molecule has 6 heteroatoms. The Morgan fingerprint density at radius 1 is 0.931 bits per heavy atom. The molecule has 0 spiro atoms. The van der Waals surface area contributed by atoms with Crippen molar-refractivity contribution in [2.24, 2.45) is 7.05 Å². The van der Waals surface area contributed by atoms with Crippen molar-refractivity contribution >= 4 is 40.5 Å². The Bertz CT molecular complexity index is 1210. The summed E-state index contributed by atoms with van der Waals surface area (Å²) >= 11 is 0. The lowest BCUT2D eigenvalue weighted by Gasteiger charge is -2.27. The van der Waals surface area contributed by atoms with Crippen LogP contribution in [-0.2, 0) is 16.6 Å². The first-order chi connectivity index (χ1) is 13.8. The number of carbonyl (C=O) groups excluding carboxylic acids is 3. The summed E-state index contributed by atoms with van der Waals surface area (Å²) < 4.78 is 2.01. The molecule has 0 bridgehead atoms. The summed E-state index contributed by atoms with van der Waals surface area (Å²) in [5, 5.41) is 3.23. The van der Waals surface area contributed by atoms with Gasteiger partial charge in [0.1, 0.15) is 5.57 Å². The highest BCUT2D eigenvalue weighted by Gasteiger charge is 2.37. The molecule has 0 saturated carbocycles. The lowest BCUT2D eigenvalue weighted by atomic mass is 10.0. The summed E-state index contributed by atoms with van der Waals surface area (Å²) in [4.78, 5) is 39.2. The first-order valence-electron chi connectivity index (χ1n) is 9.31. The highest BCUT2D eigenvalue weighted by Crippen LogP contribution is 2.29. The first-order valence-corrected chi connectivity index (χ1v) is 9.31. The Kier molecular flexibility index (Phi) is 4.34. The summed E-state index contributed by atoms with van der Waals surface area (Å²) in [7, 11) is 1.94. The Morgan fingerprint density at radius 3 is 2.28 bits per heavy atom. The number of hydrogen-bond acceptors (Lipinski definition) is 3. The van der Waals surface area contributed by atoms with Gasteiger partial charge in [-0.3, -0.25) is 14.9 Å². The second kappa shape index (κ2) is 6.74. The molecule has 4 rings (SSSR count). The number of nitrogens with zero attached hydrogens (tertiary/aromatic N) is 2. The molecule has 29 heavy (non-hydrogen) atoms. The third-order valence-corrected chi connectivity index (χ3v) is 5.30. The van der Waals surface area contributed by atoms with Crippen molar-refractivity contribution in [1.82, 2.24) is 9.88 Å². The van der Waals surface area contributed by atoms with Gasteiger partial charge in [0.15, 0.2) is 0 Å². The average Bonchev–Trinajstić information content (AvgIpc) is 2.89. The zero-order valence-corrected chi connectivity index (χ0v) is 16.7. The van der Waals surface area contributed by atoms with Crippen LogP contribution in [0.15, 0.2) is 48.0 Å². The van der Waals surface area contributed by atoms with E-state index < -0.39 is 17.8 Å². The van der Waals surface area contributed by atoms with Gasteiger partial charge in [0.2, 0.25) is 0 Å². The number of nitrogens with one attached hydrogen (secondary N) is 1. The minimum absolute atomic E-state index is 0.0665. The number of aromatic nitrogens is 1. The maximum Gasteiger partial charge on any atom is 0.335 e. The fourth-order valence-corrected chi connectivity index (χ4v) is 3.85. The van der Waals surface area contributed by atoms with Crippen LogP contribution in [0.4, 0.5) is 10.5 Å². The van der Waals surface area contributed by atoms with E-state index in [1.54, 1.807) is 18.2 Å². The van der Waals surface area contributed by atoms with Crippen molar-refractivity contribution in [2.45, 2.75) is 20.8 Å². The second-order valence-electron chi connectivity index (χ2n) is 7.38. The van der Waals surface area contributed by atoms with Crippen LogP contribution in [0.3, 0.4) is 0 Å². The van der Waals surface area contributed by atoms with Crippen LogP contribution in [0.5, 0.6) is 0 Å². The fourth-order valence-electron chi connectivity index (χ4n) is 3.85. The first kappa shape index (κ1) is 18.7. The van der Waals surface area contributed by atoms with Crippen LogP contribution in [0.1, 0.15) is 22.4 Å². The lowest BCUT2D eigenvalue weighted by molar-refractivity contribution is -0.122. The van der Waals surface area contributed by atoms with E-state index in [0.717, 1.165) is 38.2 Å². The Balaban J connectivity index is 1.86. The molecule has 2 heterocycles. The largest absolute Gasteiger partial charge is 0.347 e. The second-order valence-corrected chi connectivity index (χ2v) is 7.38. The number of urea groups is 1. The molecular weight excluding hydrogens is 366 g/mol. The van der Waals surface area contributed by atoms with Gasteiger partial charge in [-0.2, -0.15) is 0 Å². The minimum atomic E-state index is -0.739. The van der Waals surface area contributed by atoms with Gasteiger partial charge in [-0.25, -0.2) is 9.69 Å². The molecular formula is C23H21N3O3. The zero-order chi connectivity index (χ0) is 20.9. The van der Waals surface area contributed by atoms with Crippen molar-refractivity contribution < 1.29 is 14.4 Å². The van der Waals surface area contributed by atoms with Crippen molar-refractivity contribution in [2.75, 3.05) is 4.90 Å². The van der Waals surface area contributed by atoms with E-state index in [4.69, 9.17) is 0 Å². The molecule has 1 saturated heterocycles. The standard InChI is InChI=1S/C23H21N3O3/c1-13-9-14(2)11-16(10-13)26-22(28)19(21(27)24-23(26)29)12-18-15(3)25(4)20-8-6-5-7-17(18)20/h5-12H,1-4H3,(H,24,27,29)/b19-12+. The summed E-state index contributed by atoms with van der Waals surface area (Å²) in [5.74, 6) is -1.32. The fraction of sp³-hybridized carbons (Fsp3) is 0.174. The molecule has 2 aromatic carbocycles. The SMILES string of the molecule is Cc1cc(C)cc(N2C(=O)NC(=O)/C(=C\c3c(C)n(C)c4ccccc34)C2=O)c1. The molecule has 0 unspecified atom stereocenters. The van der Waals surface area contributed by atoms with Crippen LogP contribution in [0.25, 0.3) is 17.0 Å². The smallest absolute Gasteiger partial charge is 0.335 e. The third-order valence-electron chi connectivity index (χ3n) is 5.30. The minimum Gasteiger partial charge on any atom is -0.347 e. The molecule has 0 aliphatic carbocycles. The van der Waals surface area contributed by atoms with Gasteiger partial charge in [0, 0.05) is 29.2 Å². The molecule has 1 aromatic heterocycles. The van der Waals surface area contributed by atoms with Crippen LogP contribution in [0.2, 0.25) is 0 Å². The van der Waals surface area contributed by atoms with Crippen LogP contribution >= 0.6 is 0 Å². The molecule has 6 nitrogen and oxygen atoms in total. The summed E-state index contributed by atoms with van der Waals surface area (Å²) in [6.07, 6.45) is 1.58. The average molecular weight is 387 g/mol. The zero-order valence-electron chi connectivity index (χ0n) is 16.7. The van der Waals surface area contributed by atoms with Gasteiger partial charge in [0.05, 0.1) is 5.69 Å². The highest BCUT2D eigenvalue weighted by molar-refractivity contribution is 6.39. The quantitative estimate of drug-likeness (QED) is 0.537. The summed E-state index contributed by atoms with van der Waals surface area (Å²) in [6.45, 7) is 5.72. The van der Waals surface area contributed by atoms with Gasteiger partial charge < -0.3 is 4.57 Å². The number of barbiturate groups is 1. The van der Waals surface area contributed by atoms with Gasteiger partial charge in [-0.1, -0.05) is 24.3 Å². The maximum absolute atomic E-state index is 13.2. The summed E-state index contributed by atoms with van der Waals surface area (Å²) in [5.41, 5.74) is 4.94. The topological polar surface area (TPSA) is 71.4 Å². The Hall–Kier alpha value is -3.67. The molecule has 4 amide bonds. The van der Waals surface area contributed by atoms with Crippen molar-refractivity contribution in [3.63, 3.8) is 0 Å². The number of imide groups is 2. The van der Waals surface area contributed by atoms with Crippen molar-refractivity contribution in [1.29, 1.82) is 0 Å². The number of para-hydroxylation sites is 1. The number of fused-ring (bicyclic) bond motifs is 1. The molecule has 1 aliphatic rings. The number of carbonyl (C=O) groups is 3. The molecule has 146 valence electrons. The molecule has 3 aromatic rings. The van der Waals surface area contributed by atoms with E-state index in [9.17, 15) is 14.4 Å². The molecule has 0 radical (unpaired) electrons. The van der Waals surface area contributed by atoms with Gasteiger partial charge in [-0.05, 0) is 56.2 Å². The number of aryl methyl sites for hydroxylation is 3.